The Morgan fingerprint density at radius 2 is 1.81 bits per heavy atom. The molecule has 0 saturated heterocycles. The quantitative estimate of drug-likeness (QED) is 0.663. The average Bonchev–Trinajstić information content (AvgIpc) is 2.61. The minimum atomic E-state index is -0.299. The molecule has 0 fully saturated rings. The first-order valence-electron chi connectivity index (χ1n) is 8.61. The minimum absolute atomic E-state index is 0.103. The van der Waals surface area contributed by atoms with Crippen LogP contribution in [0.2, 0.25) is 0 Å². The summed E-state index contributed by atoms with van der Waals surface area (Å²) in [6.45, 7) is 4.29. The lowest BCUT2D eigenvalue weighted by atomic mass is 10.1. The van der Waals surface area contributed by atoms with Gasteiger partial charge in [0.15, 0.2) is 0 Å². The zero-order chi connectivity index (χ0) is 18.7. The second kappa shape index (κ2) is 7.52. The summed E-state index contributed by atoms with van der Waals surface area (Å²) < 4.78 is 6.86. The molecule has 0 aliphatic rings. The van der Waals surface area contributed by atoms with Crippen LogP contribution in [0.1, 0.15) is 28.9 Å². The first-order chi connectivity index (χ1) is 12.4. The predicted molar refractivity (Wildman–Crippen MR) is 101 cm³/mol. The zero-order valence-electron chi connectivity index (χ0n) is 15.3. The van der Waals surface area contributed by atoms with E-state index in [1.807, 2.05) is 38.1 Å². The highest BCUT2D eigenvalue weighted by molar-refractivity contribution is 5.77. The van der Waals surface area contributed by atoms with Crippen LogP contribution in [0.15, 0.2) is 47.3 Å². The molecule has 0 saturated carbocycles. The van der Waals surface area contributed by atoms with Gasteiger partial charge in [-0.15, -0.1) is 0 Å². The maximum absolute atomic E-state index is 12.4. The Labute approximate surface area is 152 Å². The summed E-state index contributed by atoms with van der Waals surface area (Å²) in [7, 11) is 1.68. The predicted octanol–water partition coefficient (Wildman–Crippen LogP) is 3.23. The molecule has 3 aromatic rings. The maximum Gasteiger partial charge on any atom is 0.306 e. The van der Waals surface area contributed by atoms with E-state index in [0.29, 0.717) is 23.1 Å². The Morgan fingerprint density at radius 1 is 1.12 bits per heavy atom. The Balaban J connectivity index is 1.65. The Kier molecular flexibility index (Phi) is 5.16. The summed E-state index contributed by atoms with van der Waals surface area (Å²) in [4.78, 5) is 29.0. The van der Waals surface area contributed by atoms with Crippen molar-refractivity contribution in [2.75, 3.05) is 0 Å². The molecular weight excluding hydrogens is 328 g/mol. The molecule has 5 nitrogen and oxygen atoms in total. The third kappa shape index (κ3) is 3.99. The van der Waals surface area contributed by atoms with Gasteiger partial charge in [0.1, 0.15) is 12.4 Å². The van der Waals surface area contributed by atoms with Gasteiger partial charge in [-0.05, 0) is 31.5 Å². The number of esters is 1. The van der Waals surface area contributed by atoms with Gasteiger partial charge < -0.3 is 4.74 Å². The van der Waals surface area contributed by atoms with Crippen molar-refractivity contribution in [3.63, 3.8) is 0 Å². The molecule has 0 unspecified atom stereocenters. The second-order valence-electron chi connectivity index (χ2n) is 6.57. The number of fused-ring (bicyclic) bond motifs is 1. The van der Waals surface area contributed by atoms with E-state index in [0.717, 1.165) is 16.7 Å². The Morgan fingerprint density at radius 3 is 2.54 bits per heavy atom. The van der Waals surface area contributed by atoms with E-state index in [4.69, 9.17) is 4.74 Å². The van der Waals surface area contributed by atoms with E-state index >= 15 is 0 Å². The van der Waals surface area contributed by atoms with Crippen LogP contribution in [0.4, 0.5) is 0 Å². The molecule has 0 aliphatic heterocycles. The molecule has 5 heteroatoms. The van der Waals surface area contributed by atoms with Crippen molar-refractivity contribution < 1.29 is 9.53 Å². The van der Waals surface area contributed by atoms with Crippen LogP contribution in [-0.4, -0.2) is 15.5 Å². The van der Waals surface area contributed by atoms with Crippen molar-refractivity contribution in [2.45, 2.75) is 33.3 Å². The van der Waals surface area contributed by atoms with Crippen LogP contribution in [0.25, 0.3) is 10.9 Å². The smallest absolute Gasteiger partial charge is 0.306 e. The second-order valence-corrected chi connectivity index (χ2v) is 6.57. The van der Waals surface area contributed by atoms with Crippen LogP contribution in [0.3, 0.4) is 0 Å². The van der Waals surface area contributed by atoms with Crippen molar-refractivity contribution in [3.05, 3.63) is 75.3 Å². The standard InChI is InChI=1S/C21H22N2O3/c1-14-10-15(2)12-16(11-14)13-26-20(24)9-8-19-22-18-7-5-4-6-17(18)21(25)23(19)3/h4-7,10-12H,8-9,13H2,1-3H3. The van der Waals surface area contributed by atoms with Crippen LogP contribution < -0.4 is 5.56 Å². The zero-order valence-corrected chi connectivity index (χ0v) is 15.3. The number of rotatable bonds is 5. The van der Waals surface area contributed by atoms with E-state index in [1.54, 1.807) is 19.2 Å². The largest absolute Gasteiger partial charge is 0.461 e. The van der Waals surface area contributed by atoms with Gasteiger partial charge in [-0.1, -0.05) is 41.5 Å². The highest BCUT2D eigenvalue weighted by Crippen LogP contribution is 2.11. The summed E-state index contributed by atoms with van der Waals surface area (Å²) >= 11 is 0. The summed E-state index contributed by atoms with van der Waals surface area (Å²) in [6.07, 6.45) is 0.547. The number of hydrogen-bond donors (Lipinski definition) is 0. The summed E-state index contributed by atoms with van der Waals surface area (Å²) in [5, 5.41) is 0.580. The van der Waals surface area contributed by atoms with E-state index in [-0.39, 0.29) is 24.6 Å². The number of hydrogen-bond acceptors (Lipinski definition) is 4. The van der Waals surface area contributed by atoms with E-state index in [9.17, 15) is 9.59 Å². The fraction of sp³-hybridized carbons (Fsp3) is 0.286. The van der Waals surface area contributed by atoms with Crippen LogP contribution >= 0.6 is 0 Å². The number of ether oxygens (including phenoxy) is 1. The molecule has 134 valence electrons. The molecule has 1 heterocycles. The van der Waals surface area contributed by atoms with Gasteiger partial charge in [-0.25, -0.2) is 4.98 Å². The molecule has 26 heavy (non-hydrogen) atoms. The summed E-state index contributed by atoms with van der Waals surface area (Å²) in [6, 6.07) is 13.3. The summed E-state index contributed by atoms with van der Waals surface area (Å²) in [5.74, 6) is 0.281. The molecule has 3 rings (SSSR count). The highest BCUT2D eigenvalue weighted by atomic mass is 16.5. The van der Waals surface area contributed by atoms with Gasteiger partial charge in [0.2, 0.25) is 0 Å². The van der Waals surface area contributed by atoms with E-state index < -0.39 is 0 Å². The third-order valence-corrected chi connectivity index (χ3v) is 4.31. The third-order valence-electron chi connectivity index (χ3n) is 4.31. The van der Waals surface area contributed by atoms with Gasteiger partial charge in [-0.2, -0.15) is 0 Å². The number of carbonyl (C=O) groups is 1. The van der Waals surface area contributed by atoms with Gasteiger partial charge in [0.25, 0.3) is 5.56 Å². The number of nitrogens with zero attached hydrogens (tertiary/aromatic N) is 2. The highest BCUT2D eigenvalue weighted by Gasteiger charge is 2.11. The van der Waals surface area contributed by atoms with Gasteiger partial charge >= 0.3 is 5.97 Å². The summed E-state index contributed by atoms with van der Waals surface area (Å²) in [5.41, 5.74) is 3.81. The molecule has 0 atom stereocenters. The lowest BCUT2D eigenvalue weighted by Gasteiger charge is -2.10. The van der Waals surface area contributed by atoms with Crippen LogP contribution in [-0.2, 0) is 29.6 Å². The van der Waals surface area contributed by atoms with Crippen molar-refractivity contribution in [1.29, 1.82) is 0 Å². The first-order valence-corrected chi connectivity index (χ1v) is 8.61. The minimum Gasteiger partial charge on any atom is -0.461 e. The van der Waals surface area contributed by atoms with Crippen LogP contribution in [0.5, 0.6) is 0 Å². The van der Waals surface area contributed by atoms with E-state index in [2.05, 4.69) is 11.1 Å². The van der Waals surface area contributed by atoms with Gasteiger partial charge in [0, 0.05) is 13.5 Å². The fourth-order valence-corrected chi connectivity index (χ4v) is 3.09. The topological polar surface area (TPSA) is 61.2 Å². The van der Waals surface area contributed by atoms with Crippen molar-refractivity contribution >= 4 is 16.9 Å². The molecular formula is C21H22N2O3. The maximum atomic E-state index is 12.4. The molecule has 1 aromatic heterocycles. The van der Waals surface area contributed by atoms with Crippen molar-refractivity contribution in [2.24, 2.45) is 7.05 Å². The lowest BCUT2D eigenvalue weighted by Crippen LogP contribution is -2.23. The lowest BCUT2D eigenvalue weighted by molar-refractivity contribution is -0.144. The SMILES string of the molecule is Cc1cc(C)cc(COC(=O)CCc2nc3ccccc3c(=O)n2C)c1. The molecule has 0 radical (unpaired) electrons. The molecule has 0 bridgehead atoms. The van der Waals surface area contributed by atoms with Crippen LogP contribution in [0, 0.1) is 13.8 Å². The molecule has 0 amide bonds. The number of carbonyl (C=O) groups excluding carboxylic acids is 1. The van der Waals surface area contributed by atoms with Gasteiger partial charge in [0.05, 0.1) is 17.3 Å². The monoisotopic (exact) mass is 350 g/mol. The van der Waals surface area contributed by atoms with E-state index in [1.165, 1.54) is 4.57 Å². The van der Waals surface area contributed by atoms with Crippen molar-refractivity contribution in [1.82, 2.24) is 9.55 Å². The number of benzene rings is 2. The molecule has 0 aliphatic carbocycles. The molecule has 2 aromatic carbocycles. The Bertz CT molecular complexity index is 1000. The first kappa shape index (κ1) is 17.9. The fourth-order valence-electron chi connectivity index (χ4n) is 3.09. The van der Waals surface area contributed by atoms with Crippen molar-refractivity contribution in [3.8, 4) is 0 Å². The molecule has 0 N–H and O–H groups in total. The number of para-hydroxylation sites is 1. The normalized spacial score (nSPS) is 10.9. The average molecular weight is 350 g/mol. The Hall–Kier alpha value is -2.95. The molecule has 0 spiro atoms. The van der Waals surface area contributed by atoms with Gasteiger partial charge in [-0.3, -0.25) is 14.2 Å². The number of aryl methyl sites for hydroxylation is 3. The number of aromatic nitrogens is 2.